The lowest BCUT2D eigenvalue weighted by Gasteiger charge is -2.11. The molecule has 0 aliphatic rings. The van der Waals surface area contributed by atoms with Gasteiger partial charge in [0.2, 0.25) is 0 Å². The number of H-pyrrole nitrogens is 1. The van der Waals surface area contributed by atoms with Gasteiger partial charge in [0, 0.05) is 5.56 Å². The number of hydrogen-bond donors (Lipinski definition) is 1. The van der Waals surface area contributed by atoms with E-state index in [1.807, 2.05) is 0 Å². The van der Waals surface area contributed by atoms with Crippen molar-refractivity contribution in [3.63, 3.8) is 0 Å². The number of benzene rings is 1. The van der Waals surface area contributed by atoms with Gasteiger partial charge in [-0.15, -0.1) is 0 Å². The maximum Gasteiger partial charge on any atom is 0.128 e. The summed E-state index contributed by atoms with van der Waals surface area (Å²) in [7, 11) is 1.52. The molecular weight excluding hydrogens is 245 g/mol. The number of methoxy groups -OCH3 is 1. The molecule has 2 rings (SSSR count). The summed E-state index contributed by atoms with van der Waals surface area (Å²) in [4.78, 5) is 7.23. The third-order valence-corrected chi connectivity index (χ3v) is 2.90. The van der Waals surface area contributed by atoms with E-state index in [-0.39, 0.29) is 5.82 Å². The molecule has 19 heavy (non-hydrogen) atoms. The minimum atomic E-state index is -0.723. The Hall–Kier alpha value is -2.35. The van der Waals surface area contributed by atoms with Gasteiger partial charge in [0.15, 0.2) is 0 Å². The van der Waals surface area contributed by atoms with Crippen LogP contribution in [0.4, 0.5) is 4.39 Å². The summed E-state index contributed by atoms with van der Waals surface area (Å²) in [5.41, 5.74) is 0.475. The van der Waals surface area contributed by atoms with E-state index in [1.165, 1.54) is 19.2 Å². The van der Waals surface area contributed by atoms with Crippen molar-refractivity contribution in [1.82, 2.24) is 9.97 Å². The van der Waals surface area contributed by atoms with Crippen molar-refractivity contribution in [2.24, 2.45) is 0 Å². The Morgan fingerprint density at radius 1 is 1.42 bits per heavy atom. The standard InChI is InChI=1S/C14H14FN3O/c1-14(2,8-16)13-17-7-11(18-13)10-6-9(15)4-5-12(10)19-3/h4-7H,1-3H3,(H,17,18). The molecule has 0 atom stereocenters. The van der Waals surface area contributed by atoms with Crippen molar-refractivity contribution < 1.29 is 9.13 Å². The minimum Gasteiger partial charge on any atom is -0.496 e. The number of ether oxygens (including phenoxy) is 1. The molecule has 0 amide bonds. The van der Waals surface area contributed by atoms with Crippen LogP contribution in [-0.2, 0) is 5.41 Å². The summed E-state index contributed by atoms with van der Waals surface area (Å²) in [6, 6.07) is 6.42. The highest BCUT2D eigenvalue weighted by Gasteiger charge is 2.24. The summed E-state index contributed by atoms with van der Waals surface area (Å²) < 4.78 is 18.5. The van der Waals surface area contributed by atoms with Crippen LogP contribution >= 0.6 is 0 Å². The van der Waals surface area contributed by atoms with Gasteiger partial charge in [-0.2, -0.15) is 5.26 Å². The van der Waals surface area contributed by atoms with Crippen LogP contribution < -0.4 is 4.74 Å². The quantitative estimate of drug-likeness (QED) is 0.921. The summed E-state index contributed by atoms with van der Waals surface area (Å²) in [6.45, 7) is 3.52. The smallest absolute Gasteiger partial charge is 0.128 e. The molecular formula is C14H14FN3O. The van der Waals surface area contributed by atoms with Crippen LogP contribution in [0.3, 0.4) is 0 Å². The van der Waals surface area contributed by atoms with Gasteiger partial charge in [-0.25, -0.2) is 9.37 Å². The van der Waals surface area contributed by atoms with Gasteiger partial charge in [-0.1, -0.05) is 0 Å². The molecule has 2 aromatic rings. The SMILES string of the molecule is COc1ccc(F)cc1-c1cnc(C(C)(C)C#N)[nH]1. The number of aromatic nitrogens is 2. The molecule has 0 aliphatic carbocycles. The van der Waals surface area contributed by atoms with E-state index in [0.717, 1.165) is 0 Å². The third kappa shape index (κ3) is 2.43. The molecule has 0 saturated carbocycles. The van der Waals surface area contributed by atoms with Crippen LogP contribution in [0.25, 0.3) is 11.3 Å². The molecule has 0 unspecified atom stereocenters. The molecule has 1 aromatic carbocycles. The summed E-state index contributed by atoms with van der Waals surface area (Å²) >= 11 is 0. The second-order valence-electron chi connectivity index (χ2n) is 4.73. The maximum absolute atomic E-state index is 13.3. The van der Waals surface area contributed by atoms with Crippen LogP contribution in [0.2, 0.25) is 0 Å². The lowest BCUT2D eigenvalue weighted by Crippen LogP contribution is -2.15. The zero-order chi connectivity index (χ0) is 14.0. The first kappa shape index (κ1) is 13.1. The van der Waals surface area contributed by atoms with Crippen LogP contribution in [0.5, 0.6) is 5.75 Å². The van der Waals surface area contributed by atoms with Crippen molar-refractivity contribution in [1.29, 1.82) is 5.26 Å². The number of nitrogens with one attached hydrogen (secondary N) is 1. The molecule has 0 radical (unpaired) electrons. The van der Waals surface area contributed by atoms with Crippen LogP contribution in [0.1, 0.15) is 19.7 Å². The van der Waals surface area contributed by atoms with E-state index in [4.69, 9.17) is 10.00 Å². The Balaban J connectivity index is 2.50. The third-order valence-electron chi connectivity index (χ3n) is 2.90. The molecule has 0 aliphatic heterocycles. The molecule has 4 nitrogen and oxygen atoms in total. The highest BCUT2D eigenvalue weighted by Crippen LogP contribution is 2.31. The first-order chi connectivity index (χ1) is 8.97. The zero-order valence-corrected chi connectivity index (χ0v) is 11.0. The van der Waals surface area contributed by atoms with Gasteiger partial charge in [0.1, 0.15) is 22.8 Å². The molecule has 0 fully saturated rings. The average molecular weight is 259 g/mol. The molecule has 0 saturated heterocycles. The van der Waals surface area contributed by atoms with E-state index < -0.39 is 5.41 Å². The first-order valence-electron chi connectivity index (χ1n) is 5.78. The predicted molar refractivity (Wildman–Crippen MR) is 69.2 cm³/mol. The Kier molecular flexibility index (Phi) is 3.26. The van der Waals surface area contributed by atoms with Crippen molar-refractivity contribution >= 4 is 0 Å². The minimum absolute atomic E-state index is 0.355. The van der Waals surface area contributed by atoms with Gasteiger partial charge in [-0.05, 0) is 32.0 Å². The molecule has 1 N–H and O–H groups in total. The number of rotatable bonds is 3. The van der Waals surface area contributed by atoms with E-state index >= 15 is 0 Å². The topological polar surface area (TPSA) is 61.7 Å². The number of hydrogen-bond acceptors (Lipinski definition) is 3. The van der Waals surface area contributed by atoms with Gasteiger partial charge in [0.05, 0.1) is 25.1 Å². The van der Waals surface area contributed by atoms with E-state index in [9.17, 15) is 4.39 Å². The molecule has 0 bridgehead atoms. The zero-order valence-electron chi connectivity index (χ0n) is 11.0. The summed E-state index contributed by atoms with van der Waals surface area (Å²) in [5.74, 6) is 0.731. The number of imidazole rings is 1. The largest absolute Gasteiger partial charge is 0.496 e. The first-order valence-corrected chi connectivity index (χ1v) is 5.78. The predicted octanol–water partition coefficient (Wildman–Crippen LogP) is 3.03. The molecule has 98 valence electrons. The number of nitrogens with zero attached hydrogens (tertiary/aromatic N) is 2. The van der Waals surface area contributed by atoms with E-state index in [2.05, 4.69) is 16.0 Å². The van der Waals surface area contributed by atoms with Crippen molar-refractivity contribution in [3.05, 3.63) is 36.0 Å². The summed E-state index contributed by atoms with van der Waals surface area (Å²) in [6.07, 6.45) is 1.58. The fraction of sp³-hybridized carbons (Fsp3) is 0.286. The van der Waals surface area contributed by atoms with Gasteiger partial charge < -0.3 is 9.72 Å². The summed E-state index contributed by atoms with van der Waals surface area (Å²) in [5, 5.41) is 9.08. The molecule has 1 heterocycles. The highest BCUT2D eigenvalue weighted by atomic mass is 19.1. The lowest BCUT2D eigenvalue weighted by atomic mass is 9.95. The highest BCUT2D eigenvalue weighted by molar-refractivity contribution is 5.67. The fourth-order valence-corrected chi connectivity index (χ4v) is 1.72. The van der Waals surface area contributed by atoms with Crippen LogP contribution in [0, 0.1) is 17.1 Å². The monoisotopic (exact) mass is 259 g/mol. The Labute approximate surface area is 110 Å². The number of nitriles is 1. The number of halogens is 1. The lowest BCUT2D eigenvalue weighted by molar-refractivity contribution is 0.415. The second kappa shape index (κ2) is 4.73. The van der Waals surface area contributed by atoms with E-state index in [0.29, 0.717) is 22.8 Å². The maximum atomic E-state index is 13.3. The fourth-order valence-electron chi connectivity index (χ4n) is 1.72. The van der Waals surface area contributed by atoms with Gasteiger partial charge in [-0.3, -0.25) is 0 Å². The van der Waals surface area contributed by atoms with Crippen molar-refractivity contribution in [2.45, 2.75) is 19.3 Å². The van der Waals surface area contributed by atoms with Crippen LogP contribution in [-0.4, -0.2) is 17.1 Å². The Morgan fingerprint density at radius 3 is 2.79 bits per heavy atom. The average Bonchev–Trinajstić information content (AvgIpc) is 2.89. The van der Waals surface area contributed by atoms with Crippen molar-refractivity contribution in [3.8, 4) is 23.1 Å². The molecule has 1 aromatic heterocycles. The van der Waals surface area contributed by atoms with E-state index in [1.54, 1.807) is 26.1 Å². The number of aromatic amines is 1. The van der Waals surface area contributed by atoms with Gasteiger partial charge >= 0.3 is 0 Å². The normalized spacial score (nSPS) is 11.1. The van der Waals surface area contributed by atoms with Crippen LogP contribution in [0.15, 0.2) is 24.4 Å². The second-order valence-corrected chi connectivity index (χ2v) is 4.73. The molecule has 0 spiro atoms. The van der Waals surface area contributed by atoms with Gasteiger partial charge in [0.25, 0.3) is 0 Å². The van der Waals surface area contributed by atoms with Crippen molar-refractivity contribution in [2.75, 3.05) is 7.11 Å². The molecule has 5 heteroatoms. The Bertz CT molecular complexity index is 640. The Morgan fingerprint density at radius 2 is 2.16 bits per heavy atom.